The second kappa shape index (κ2) is 10.7. The number of sulfonamides is 1. The van der Waals surface area contributed by atoms with Gasteiger partial charge in [-0.2, -0.15) is 18.4 Å². The second-order valence-electron chi connectivity index (χ2n) is 6.96. The molecule has 0 heterocycles. The smallest absolute Gasteiger partial charge is 0.280 e. The predicted molar refractivity (Wildman–Crippen MR) is 126 cm³/mol. The molecule has 8 nitrogen and oxygen atoms in total. The van der Waals surface area contributed by atoms with Gasteiger partial charge in [-0.1, -0.05) is 30.3 Å². The fraction of sp³-hybridized carbons (Fsp3) is 0.208. The molecule has 0 aliphatic rings. The predicted octanol–water partition coefficient (Wildman–Crippen LogP) is 3.91. The topological polar surface area (TPSA) is 95.5 Å². The molecule has 0 fully saturated rings. The molecule has 0 atom stereocenters. The van der Waals surface area contributed by atoms with Crippen LogP contribution < -0.4 is 23.8 Å². The van der Waals surface area contributed by atoms with Crippen LogP contribution in [0.5, 0.6) is 23.0 Å². The van der Waals surface area contributed by atoms with Gasteiger partial charge in [0.1, 0.15) is 23.0 Å². The van der Waals surface area contributed by atoms with Gasteiger partial charge in [0.25, 0.3) is 10.0 Å². The summed E-state index contributed by atoms with van der Waals surface area (Å²) >= 11 is 0. The van der Waals surface area contributed by atoms with Crippen LogP contribution in [0.3, 0.4) is 0 Å². The molecule has 0 aromatic heterocycles. The number of nitrogens with zero attached hydrogens (tertiary/aromatic N) is 1. The van der Waals surface area contributed by atoms with Gasteiger partial charge in [-0.25, -0.2) is 0 Å². The van der Waals surface area contributed by atoms with Crippen molar-refractivity contribution in [3.05, 3.63) is 77.4 Å². The molecular formula is C24H26N2O6S. The third-order valence-electron chi connectivity index (χ3n) is 4.90. The number of para-hydroxylation sites is 1. The molecule has 0 saturated heterocycles. The summed E-state index contributed by atoms with van der Waals surface area (Å²) in [6.45, 7) is 2.32. The molecule has 9 heteroatoms. The number of rotatable bonds is 10. The lowest BCUT2D eigenvalue weighted by atomic mass is 10.1. The first-order chi connectivity index (χ1) is 15.9. The normalized spacial score (nSPS) is 11.3. The SMILES string of the molecule is COc1ccc(OC)c(S(=O)(=O)N/N=C\c2cccc(OC)c2OCc2ccccc2C)c1. The maximum absolute atomic E-state index is 12.8. The zero-order valence-electron chi connectivity index (χ0n) is 18.9. The molecule has 0 unspecified atom stereocenters. The standard InChI is InChI=1S/C24H26N2O6S/c1-17-8-5-6-9-19(17)16-32-24-18(10-7-11-22(24)31-4)15-25-26-33(27,28)23-14-20(29-2)12-13-21(23)30-3/h5-15,26H,16H2,1-4H3/b25-15-. The largest absolute Gasteiger partial charge is 0.497 e. The number of hydrogen-bond acceptors (Lipinski definition) is 7. The number of methoxy groups -OCH3 is 3. The van der Waals surface area contributed by atoms with Crippen LogP contribution in [0.15, 0.2) is 70.7 Å². The Labute approximate surface area is 193 Å². The molecule has 1 N–H and O–H groups in total. The summed E-state index contributed by atoms with van der Waals surface area (Å²) in [5.41, 5.74) is 2.67. The maximum atomic E-state index is 12.8. The van der Waals surface area contributed by atoms with Crippen molar-refractivity contribution in [1.82, 2.24) is 4.83 Å². The molecule has 33 heavy (non-hydrogen) atoms. The lowest BCUT2D eigenvalue weighted by Gasteiger charge is -2.14. The van der Waals surface area contributed by atoms with E-state index in [0.29, 0.717) is 29.4 Å². The molecule has 3 aromatic rings. The lowest BCUT2D eigenvalue weighted by Crippen LogP contribution is -2.19. The molecule has 0 bridgehead atoms. The number of nitrogens with one attached hydrogen (secondary N) is 1. The summed E-state index contributed by atoms with van der Waals surface area (Å²) in [5.74, 6) is 1.50. The number of ether oxygens (including phenoxy) is 4. The molecular weight excluding hydrogens is 444 g/mol. The molecule has 0 aliphatic carbocycles. The van der Waals surface area contributed by atoms with Crippen LogP contribution in [0, 0.1) is 6.92 Å². The molecule has 0 aliphatic heterocycles. The zero-order valence-corrected chi connectivity index (χ0v) is 19.7. The van der Waals surface area contributed by atoms with Crippen molar-refractivity contribution in [3.8, 4) is 23.0 Å². The van der Waals surface area contributed by atoms with Crippen molar-refractivity contribution in [2.75, 3.05) is 21.3 Å². The Morgan fingerprint density at radius 1 is 0.909 bits per heavy atom. The van der Waals surface area contributed by atoms with E-state index in [1.54, 1.807) is 24.3 Å². The van der Waals surface area contributed by atoms with Crippen molar-refractivity contribution < 1.29 is 27.4 Å². The van der Waals surface area contributed by atoms with E-state index in [1.165, 1.54) is 39.7 Å². The molecule has 0 spiro atoms. The summed E-state index contributed by atoms with van der Waals surface area (Å²) in [4.78, 5) is 2.11. The van der Waals surface area contributed by atoms with Gasteiger partial charge in [-0.15, -0.1) is 0 Å². The van der Waals surface area contributed by atoms with Gasteiger partial charge in [-0.05, 0) is 42.3 Å². The summed E-state index contributed by atoms with van der Waals surface area (Å²) < 4.78 is 47.4. The van der Waals surface area contributed by atoms with E-state index < -0.39 is 10.0 Å². The van der Waals surface area contributed by atoms with E-state index in [4.69, 9.17) is 18.9 Å². The van der Waals surface area contributed by atoms with Gasteiger partial charge in [0, 0.05) is 11.6 Å². The van der Waals surface area contributed by atoms with E-state index in [0.717, 1.165) is 11.1 Å². The van der Waals surface area contributed by atoms with E-state index in [1.807, 2.05) is 31.2 Å². The highest BCUT2D eigenvalue weighted by Gasteiger charge is 2.20. The molecule has 0 amide bonds. The van der Waals surface area contributed by atoms with Crippen LogP contribution in [-0.2, 0) is 16.6 Å². The summed E-state index contributed by atoms with van der Waals surface area (Å²) in [6, 6.07) is 17.6. The van der Waals surface area contributed by atoms with E-state index in [9.17, 15) is 8.42 Å². The Morgan fingerprint density at radius 2 is 1.67 bits per heavy atom. The average molecular weight is 471 g/mol. The number of benzene rings is 3. The van der Waals surface area contributed by atoms with Gasteiger partial charge < -0.3 is 18.9 Å². The fourth-order valence-corrected chi connectivity index (χ4v) is 4.06. The maximum Gasteiger partial charge on any atom is 0.280 e. The van der Waals surface area contributed by atoms with Crippen LogP contribution in [0.2, 0.25) is 0 Å². The van der Waals surface area contributed by atoms with Crippen LogP contribution >= 0.6 is 0 Å². The monoisotopic (exact) mass is 470 g/mol. The molecule has 174 valence electrons. The molecule has 0 radical (unpaired) electrons. The molecule has 3 rings (SSSR count). The highest BCUT2D eigenvalue weighted by Crippen LogP contribution is 2.31. The Hall–Kier alpha value is -3.72. The van der Waals surface area contributed by atoms with Crippen molar-refractivity contribution in [3.63, 3.8) is 0 Å². The van der Waals surface area contributed by atoms with Crippen molar-refractivity contribution in [2.24, 2.45) is 5.10 Å². The lowest BCUT2D eigenvalue weighted by molar-refractivity contribution is 0.283. The Kier molecular flexibility index (Phi) is 7.78. The number of aryl methyl sites for hydroxylation is 1. The van der Waals surface area contributed by atoms with Gasteiger partial charge in [0.15, 0.2) is 11.5 Å². The van der Waals surface area contributed by atoms with E-state index in [-0.39, 0.29) is 10.6 Å². The van der Waals surface area contributed by atoms with Gasteiger partial charge in [0.05, 0.1) is 27.5 Å². The quantitative estimate of drug-likeness (QED) is 0.357. The number of hydrogen-bond donors (Lipinski definition) is 1. The van der Waals surface area contributed by atoms with Crippen LogP contribution in [0.4, 0.5) is 0 Å². The van der Waals surface area contributed by atoms with Gasteiger partial charge >= 0.3 is 0 Å². The van der Waals surface area contributed by atoms with Gasteiger partial charge in [0.2, 0.25) is 0 Å². The van der Waals surface area contributed by atoms with Crippen LogP contribution in [0.1, 0.15) is 16.7 Å². The first kappa shape index (κ1) is 23.9. The minimum absolute atomic E-state index is 0.0943. The minimum atomic E-state index is -4.02. The second-order valence-corrected chi connectivity index (χ2v) is 8.59. The minimum Gasteiger partial charge on any atom is -0.497 e. The van der Waals surface area contributed by atoms with Crippen molar-refractivity contribution in [2.45, 2.75) is 18.4 Å². The van der Waals surface area contributed by atoms with Gasteiger partial charge in [-0.3, -0.25) is 0 Å². The van der Waals surface area contributed by atoms with E-state index >= 15 is 0 Å². The molecule has 3 aromatic carbocycles. The highest BCUT2D eigenvalue weighted by molar-refractivity contribution is 7.89. The highest BCUT2D eigenvalue weighted by atomic mass is 32.2. The summed E-state index contributed by atoms with van der Waals surface area (Å²) in [5, 5.41) is 3.93. The zero-order chi connectivity index (χ0) is 23.8. The number of hydrazone groups is 1. The third-order valence-corrected chi connectivity index (χ3v) is 6.14. The Balaban J connectivity index is 1.85. The Bertz CT molecular complexity index is 1240. The van der Waals surface area contributed by atoms with Crippen LogP contribution in [0.25, 0.3) is 0 Å². The molecule has 0 saturated carbocycles. The van der Waals surface area contributed by atoms with Crippen LogP contribution in [-0.4, -0.2) is 36.0 Å². The van der Waals surface area contributed by atoms with Crippen molar-refractivity contribution in [1.29, 1.82) is 0 Å². The van der Waals surface area contributed by atoms with E-state index in [2.05, 4.69) is 9.93 Å². The first-order valence-electron chi connectivity index (χ1n) is 10.0. The third kappa shape index (κ3) is 5.75. The summed E-state index contributed by atoms with van der Waals surface area (Å²) in [7, 11) is 0.353. The Morgan fingerprint density at radius 3 is 2.36 bits per heavy atom. The average Bonchev–Trinajstić information content (AvgIpc) is 2.83. The summed E-state index contributed by atoms with van der Waals surface area (Å²) in [6.07, 6.45) is 1.36. The first-order valence-corrected chi connectivity index (χ1v) is 11.5. The van der Waals surface area contributed by atoms with Crippen molar-refractivity contribution >= 4 is 16.2 Å². The fourth-order valence-electron chi connectivity index (χ4n) is 3.08.